The maximum absolute atomic E-state index is 4.29. The lowest BCUT2D eigenvalue weighted by Gasteiger charge is -2.26. The van der Waals surface area contributed by atoms with Gasteiger partial charge in [-0.25, -0.2) is 0 Å². The zero-order valence-electron chi connectivity index (χ0n) is 11.5. The molecule has 5 heteroatoms. The van der Waals surface area contributed by atoms with Gasteiger partial charge in [0.25, 0.3) is 0 Å². The van der Waals surface area contributed by atoms with E-state index in [4.69, 9.17) is 0 Å². The number of aromatic nitrogens is 2. The Bertz CT molecular complexity index is 353. The van der Waals surface area contributed by atoms with Gasteiger partial charge in [-0.1, -0.05) is 24.3 Å². The first-order valence-electron chi connectivity index (χ1n) is 7.10. The van der Waals surface area contributed by atoms with Gasteiger partial charge >= 0.3 is 0 Å². The molecule has 4 nitrogen and oxygen atoms in total. The summed E-state index contributed by atoms with van der Waals surface area (Å²) in [7, 11) is 0. The van der Waals surface area contributed by atoms with Gasteiger partial charge in [-0.05, 0) is 32.7 Å². The molecule has 2 rings (SSSR count). The average molecular weight is 268 g/mol. The second-order valence-electron chi connectivity index (χ2n) is 5.14. The highest BCUT2D eigenvalue weighted by molar-refractivity contribution is 7.10. The quantitative estimate of drug-likeness (QED) is 0.891. The molecule has 18 heavy (non-hydrogen) atoms. The molecule has 1 unspecified atom stereocenters. The minimum Gasteiger partial charge on any atom is -0.374 e. The van der Waals surface area contributed by atoms with E-state index >= 15 is 0 Å². The smallest absolute Gasteiger partial charge is 0.134 e. The number of anilines is 1. The van der Waals surface area contributed by atoms with Gasteiger partial charge in [0.15, 0.2) is 0 Å². The van der Waals surface area contributed by atoms with Crippen LogP contribution >= 0.6 is 11.5 Å². The van der Waals surface area contributed by atoms with Crippen molar-refractivity contribution in [2.24, 2.45) is 0 Å². The molecule has 1 fully saturated rings. The summed E-state index contributed by atoms with van der Waals surface area (Å²) in [6.45, 7) is 7.67. The second kappa shape index (κ2) is 7.04. The highest BCUT2D eigenvalue weighted by atomic mass is 32.1. The Labute approximate surface area is 114 Å². The molecule has 1 aromatic rings. The fourth-order valence-electron chi connectivity index (χ4n) is 2.45. The minimum atomic E-state index is 0.674. The summed E-state index contributed by atoms with van der Waals surface area (Å²) < 4.78 is 4.09. The van der Waals surface area contributed by atoms with E-state index < -0.39 is 0 Å². The van der Waals surface area contributed by atoms with E-state index in [1.807, 2.05) is 0 Å². The van der Waals surface area contributed by atoms with Crippen molar-refractivity contribution in [3.8, 4) is 0 Å². The van der Waals surface area contributed by atoms with Crippen LogP contribution in [0.3, 0.4) is 0 Å². The van der Waals surface area contributed by atoms with Crippen molar-refractivity contribution in [3.05, 3.63) is 5.69 Å². The van der Waals surface area contributed by atoms with E-state index in [1.165, 1.54) is 43.8 Å². The second-order valence-corrected chi connectivity index (χ2v) is 5.90. The summed E-state index contributed by atoms with van der Waals surface area (Å²) in [5.74, 6) is 0. The fraction of sp³-hybridized carbons (Fsp3) is 0.846. The Morgan fingerprint density at radius 2 is 2.28 bits per heavy atom. The lowest BCUT2D eigenvalue weighted by molar-refractivity contribution is 0.203. The monoisotopic (exact) mass is 268 g/mol. The maximum Gasteiger partial charge on any atom is 0.134 e. The first kappa shape index (κ1) is 13.7. The zero-order chi connectivity index (χ0) is 12.8. The van der Waals surface area contributed by atoms with E-state index in [0.29, 0.717) is 6.04 Å². The topological polar surface area (TPSA) is 41.1 Å². The highest BCUT2D eigenvalue weighted by Gasteiger charge is 2.19. The van der Waals surface area contributed by atoms with Crippen LogP contribution in [0.25, 0.3) is 0 Å². The summed E-state index contributed by atoms with van der Waals surface area (Å²) >= 11 is 1.49. The fourth-order valence-corrected chi connectivity index (χ4v) is 3.04. The van der Waals surface area contributed by atoms with Crippen LogP contribution in [0, 0.1) is 0 Å². The summed E-state index contributed by atoms with van der Waals surface area (Å²) in [6, 6.07) is 0.674. The van der Waals surface area contributed by atoms with Crippen LogP contribution in [0.2, 0.25) is 0 Å². The van der Waals surface area contributed by atoms with Gasteiger partial charge in [0.2, 0.25) is 0 Å². The van der Waals surface area contributed by atoms with Gasteiger partial charge in [0.05, 0.1) is 0 Å². The largest absolute Gasteiger partial charge is 0.374 e. The highest BCUT2D eigenvalue weighted by Crippen LogP contribution is 2.23. The van der Waals surface area contributed by atoms with Crippen LogP contribution in [0.15, 0.2) is 0 Å². The van der Waals surface area contributed by atoms with Crippen molar-refractivity contribution in [1.82, 2.24) is 14.5 Å². The Morgan fingerprint density at radius 3 is 3.11 bits per heavy atom. The van der Waals surface area contributed by atoms with Crippen molar-refractivity contribution in [1.29, 1.82) is 0 Å². The predicted octanol–water partition coefficient (Wildman–Crippen LogP) is 3.12. The number of hydrogen-bond donors (Lipinski definition) is 1. The van der Waals surface area contributed by atoms with Gasteiger partial charge in [-0.2, -0.15) is 0 Å². The first-order chi connectivity index (χ1) is 8.81. The SMILES string of the molecule is CCCNc1snnc1CN1CCCCCC1C. The third-order valence-electron chi connectivity index (χ3n) is 3.63. The number of hydrogen-bond acceptors (Lipinski definition) is 5. The van der Waals surface area contributed by atoms with Crippen LogP contribution in [0.5, 0.6) is 0 Å². The molecule has 1 aliphatic heterocycles. The molecule has 0 amide bonds. The number of rotatable bonds is 5. The molecule has 1 saturated heterocycles. The molecular formula is C13H24N4S. The predicted molar refractivity (Wildman–Crippen MR) is 77.0 cm³/mol. The van der Waals surface area contributed by atoms with Gasteiger partial charge in [-0.3, -0.25) is 4.90 Å². The summed E-state index contributed by atoms with van der Waals surface area (Å²) in [6.07, 6.45) is 6.51. The number of nitrogens with one attached hydrogen (secondary N) is 1. The van der Waals surface area contributed by atoms with Crippen LogP contribution in [-0.2, 0) is 6.54 Å². The van der Waals surface area contributed by atoms with Crippen molar-refractivity contribution in [3.63, 3.8) is 0 Å². The standard InChI is InChI=1S/C13H24N4S/c1-3-8-14-13-12(15-16-18-13)10-17-9-6-4-5-7-11(17)2/h11,14H,3-10H2,1-2H3. The molecule has 1 aliphatic rings. The van der Waals surface area contributed by atoms with Crippen molar-refractivity contribution < 1.29 is 0 Å². The average Bonchev–Trinajstić information content (AvgIpc) is 2.71. The van der Waals surface area contributed by atoms with Crippen molar-refractivity contribution in [2.45, 2.75) is 58.5 Å². The Balaban J connectivity index is 1.96. The van der Waals surface area contributed by atoms with Crippen molar-refractivity contribution in [2.75, 3.05) is 18.4 Å². The Hall–Kier alpha value is -0.680. The normalized spacial score (nSPS) is 21.8. The molecular weight excluding hydrogens is 244 g/mol. The summed E-state index contributed by atoms with van der Waals surface area (Å²) in [5.41, 5.74) is 1.13. The Kier molecular flexibility index (Phi) is 5.38. The molecule has 0 aromatic carbocycles. The molecule has 0 saturated carbocycles. The third-order valence-corrected chi connectivity index (χ3v) is 4.36. The van der Waals surface area contributed by atoms with Crippen molar-refractivity contribution >= 4 is 16.5 Å². The number of likely N-dealkylation sites (tertiary alicyclic amines) is 1. The molecule has 102 valence electrons. The minimum absolute atomic E-state index is 0.674. The summed E-state index contributed by atoms with van der Waals surface area (Å²) in [5, 5.41) is 8.88. The van der Waals surface area contributed by atoms with E-state index in [-0.39, 0.29) is 0 Å². The van der Waals surface area contributed by atoms with E-state index in [9.17, 15) is 0 Å². The van der Waals surface area contributed by atoms with Crippen LogP contribution < -0.4 is 5.32 Å². The van der Waals surface area contributed by atoms with Gasteiger partial charge < -0.3 is 5.32 Å². The molecule has 0 radical (unpaired) electrons. The first-order valence-corrected chi connectivity index (χ1v) is 7.87. The van der Waals surface area contributed by atoms with Crippen LogP contribution in [0.1, 0.15) is 51.6 Å². The lowest BCUT2D eigenvalue weighted by Crippen LogP contribution is -2.32. The van der Waals surface area contributed by atoms with Gasteiger partial charge in [0, 0.05) is 30.7 Å². The molecule has 1 aromatic heterocycles. The molecule has 1 atom stereocenters. The van der Waals surface area contributed by atoms with E-state index in [1.54, 1.807) is 0 Å². The molecule has 0 bridgehead atoms. The lowest BCUT2D eigenvalue weighted by atomic mass is 10.1. The van der Waals surface area contributed by atoms with Gasteiger partial charge in [-0.15, -0.1) is 5.10 Å². The number of nitrogens with zero attached hydrogens (tertiary/aromatic N) is 3. The summed E-state index contributed by atoms with van der Waals surface area (Å²) in [4.78, 5) is 2.56. The molecule has 0 spiro atoms. The Morgan fingerprint density at radius 1 is 1.39 bits per heavy atom. The molecule has 0 aliphatic carbocycles. The van der Waals surface area contributed by atoms with E-state index in [2.05, 4.69) is 33.7 Å². The van der Waals surface area contributed by atoms with E-state index in [0.717, 1.165) is 30.2 Å². The van der Waals surface area contributed by atoms with Crippen LogP contribution in [-0.4, -0.2) is 33.6 Å². The van der Waals surface area contributed by atoms with Gasteiger partial charge in [0.1, 0.15) is 10.7 Å². The van der Waals surface area contributed by atoms with Crippen LogP contribution in [0.4, 0.5) is 5.00 Å². The molecule has 2 heterocycles. The third kappa shape index (κ3) is 3.65. The maximum atomic E-state index is 4.29. The zero-order valence-corrected chi connectivity index (χ0v) is 12.3. The molecule has 1 N–H and O–H groups in total.